The molecule has 2 rings (SSSR count). The monoisotopic (exact) mass is 287 g/mol. The van der Waals surface area contributed by atoms with Crippen molar-refractivity contribution in [3.8, 4) is 11.3 Å². The molecule has 0 radical (unpaired) electrons. The maximum atomic E-state index is 11.7. The average Bonchev–Trinajstić information content (AvgIpc) is 2.87. The van der Waals surface area contributed by atoms with E-state index in [1.54, 1.807) is 0 Å². The lowest BCUT2D eigenvalue weighted by atomic mass is 10.1. The molecule has 1 amide bonds. The third kappa shape index (κ3) is 4.16. The summed E-state index contributed by atoms with van der Waals surface area (Å²) in [5, 5.41) is 2.82. The summed E-state index contributed by atoms with van der Waals surface area (Å²) in [7, 11) is 0. The van der Waals surface area contributed by atoms with E-state index < -0.39 is 0 Å². The zero-order valence-electron chi connectivity index (χ0n) is 12.4. The first-order valence-corrected chi connectivity index (χ1v) is 7.11. The van der Waals surface area contributed by atoms with Crippen molar-refractivity contribution in [3.05, 3.63) is 41.9 Å². The van der Waals surface area contributed by atoms with E-state index in [0.29, 0.717) is 25.3 Å². The van der Waals surface area contributed by atoms with Gasteiger partial charge >= 0.3 is 0 Å². The Morgan fingerprint density at radius 1 is 1.38 bits per heavy atom. The zero-order valence-corrected chi connectivity index (χ0v) is 12.4. The number of oxazole rings is 1. The standard InChI is InChI=1S/C16H21N3O2/c1-11(10-17)18-14(20)8-9-15-19-12(2)16(21-15)13-6-4-3-5-7-13/h3-7,11H,8-10,17H2,1-2H3,(H,18,20)/t11-/m0/s1. The molecule has 2 aromatic rings. The third-order valence-electron chi connectivity index (χ3n) is 3.20. The van der Waals surface area contributed by atoms with Crippen LogP contribution in [0.15, 0.2) is 34.7 Å². The molecule has 1 aromatic heterocycles. The molecule has 21 heavy (non-hydrogen) atoms. The molecular formula is C16H21N3O2. The normalized spacial score (nSPS) is 12.1. The van der Waals surface area contributed by atoms with Gasteiger partial charge in [0, 0.05) is 31.0 Å². The van der Waals surface area contributed by atoms with Gasteiger partial charge in [0.05, 0.1) is 5.69 Å². The number of benzene rings is 1. The summed E-state index contributed by atoms with van der Waals surface area (Å²) in [5.74, 6) is 1.31. The number of nitrogens with two attached hydrogens (primary N) is 1. The number of carbonyl (C=O) groups is 1. The fraction of sp³-hybridized carbons (Fsp3) is 0.375. The Labute approximate surface area is 124 Å². The minimum Gasteiger partial charge on any atom is -0.440 e. The predicted octanol–water partition coefficient (Wildman–Crippen LogP) is 2.05. The maximum Gasteiger partial charge on any atom is 0.220 e. The number of aryl methyl sites for hydroxylation is 2. The van der Waals surface area contributed by atoms with Crippen molar-refractivity contribution in [2.24, 2.45) is 5.73 Å². The first kappa shape index (κ1) is 15.3. The van der Waals surface area contributed by atoms with Crippen molar-refractivity contribution in [2.75, 3.05) is 6.54 Å². The molecule has 1 atom stereocenters. The van der Waals surface area contributed by atoms with Crippen molar-refractivity contribution < 1.29 is 9.21 Å². The van der Waals surface area contributed by atoms with Crippen molar-refractivity contribution in [1.29, 1.82) is 0 Å². The second kappa shape index (κ2) is 7.04. The number of nitrogens with zero attached hydrogens (tertiary/aromatic N) is 1. The Balaban J connectivity index is 1.98. The summed E-state index contributed by atoms with van der Waals surface area (Å²) in [6.07, 6.45) is 0.829. The average molecular weight is 287 g/mol. The molecule has 0 fully saturated rings. The Morgan fingerprint density at radius 3 is 2.76 bits per heavy atom. The van der Waals surface area contributed by atoms with Crippen molar-refractivity contribution in [2.45, 2.75) is 32.7 Å². The van der Waals surface area contributed by atoms with E-state index >= 15 is 0 Å². The molecule has 0 aliphatic carbocycles. The van der Waals surface area contributed by atoms with Gasteiger partial charge in [-0.15, -0.1) is 0 Å². The minimum absolute atomic E-state index is 0.0105. The number of rotatable bonds is 6. The summed E-state index contributed by atoms with van der Waals surface area (Å²) in [6, 6.07) is 9.82. The maximum absolute atomic E-state index is 11.7. The highest BCUT2D eigenvalue weighted by molar-refractivity contribution is 5.76. The second-order valence-electron chi connectivity index (χ2n) is 5.09. The van der Waals surface area contributed by atoms with Gasteiger partial charge in [0.2, 0.25) is 5.91 Å². The van der Waals surface area contributed by atoms with Gasteiger partial charge in [0.25, 0.3) is 0 Å². The minimum atomic E-state index is -0.0370. The molecule has 0 unspecified atom stereocenters. The highest BCUT2D eigenvalue weighted by Gasteiger charge is 2.13. The first-order valence-electron chi connectivity index (χ1n) is 7.11. The van der Waals surface area contributed by atoms with Crippen LogP contribution in [0, 0.1) is 6.92 Å². The Kier molecular flexibility index (Phi) is 5.11. The van der Waals surface area contributed by atoms with Crippen LogP contribution in [0.2, 0.25) is 0 Å². The van der Waals surface area contributed by atoms with Crippen LogP contribution in [-0.2, 0) is 11.2 Å². The Hall–Kier alpha value is -2.14. The van der Waals surface area contributed by atoms with Crippen LogP contribution in [-0.4, -0.2) is 23.5 Å². The lowest BCUT2D eigenvalue weighted by Crippen LogP contribution is -2.37. The van der Waals surface area contributed by atoms with E-state index in [0.717, 1.165) is 17.0 Å². The molecule has 1 aromatic carbocycles. The molecule has 1 heterocycles. The number of hydrogen-bond acceptors (Lipinski definition) is 4. The molecule has 0 aliphatic heterocycles. The molecule has 0 aliphatic rings. The first-order chi connectivity index (χ1) is 10.1. The summed E-state index contributed by atoms with van der Waals surface area (Å²) >= 11 is 0. The quantitative estimate of drug-likeness (QED) is 0.852. The van der Waals surface area contributed by atoms with Gasteiger partial charge in [-0.2, -0.15) is 0 Å². The second-order valence-corrected chi connectivity index (χ2v) is 5.09. The lowest BCUT2D eigenvalue weighted by Gasteiger charge is -2.10. The van der Waals surface area contributed by atoms with E-state index in [4.69, 9.17) is 10.2 Å². The van der Waals surface area contributed by atoms with Crippen LogP contribution in [0.3, 0.4) is 0 Å². The summed E-state index contributed by atoms with van der Waals surface area (Å²) in [5.41, 5.74) is 7.30. The fourth-order valence-corrected chi connectivity index (χ4v) is 2.04. The lowest BCUT2D eigenvalue weighted by molar-refractivity contribution is -0.121. The van der Waals surface area contributed by atoms with E-state index in [9.17, 15) is 4.79 Å². The number of carbonyl (C=O) groups excluding carboxylic acids is 1. The highest BCUT2D eigenvalue weighted by atomic mass is 16.4. The molecule has 0 spiro atoms. The summed E-state index contributed by atoms with van der Waals surface area (Å²) in [6.45, 7) is 4.22. The molecule has 5 heteroatoms. The Bertz CT molecular complexity index is 593. The summed E-state index contributed by atoms with van der Waals surface area (Å²) in [4.78, 5) is 16.1. The topological polar surface area (TPSA) is 81.2 Å². The van der Waals surface area contributed by atoms with E-state index in [1.165, 1.54) is 0 Å². The molecule has 5 nitrogen and oxygen atoms in total. The van der Waals surface area contributed by atoms with Crippen LogP contribution >= 0.6 is 0 Å². The predicted molar refractivity (Wildman–Crippen MR) is 81.7 cm³/mol. The van der Waals surface area contributed by atoms with E-state index in [1.807, 2.05) is 44.2 Å². The third-order valence-corrected chi connectivity index (χ3v) is 3.20. The number of hydrogen-bond donors (Lipinski definition) is 2. The molecule has 0 saturated heterocycles. The van der Waals surface area contributed by atoms with Gasteiger partial charge in [-0.1, -0.05) is 30.3 Å². The molecular weight excluding hydrogens is 266 g/mol. The Morgan fingerprint density at radius 2 is 2.10 bits per heavy atom. The van der Waals surface area contributed by atoms with E-state index in [2.05, 4.69) is 10.3 Å². The summed E-state index contributed by atoms with van der Waals surface area (Å²) < 4.78 is 5.77. The number of amides is 1. The van der Waals surface area contributed by atoms with Crippen LogP contribution in [0.25, 0.3) is 11.3 Å². The number of aromatic nitrogens is 1. The largest absolute Gasteiger partial charge is 0.440 e. The van der Waals surface area contributed by atoms with Crippen LogP contribution in [0.4, 0.5) is 0 Å². The van der Waals surface area contributed by atoms with Gasteiger partial charge in [0.15, 0.2) is 11.7 Å². The van der Waals surface area contributed by atoms with Gasteiger partial charge in [-0.05, 0) is 13.8 Å². The van der Waals surface area contributed by atoms with Gasteiger partial charge in [-0.25, -0.2) is 4.98 Å². The van der Waals surface area contributed by atoms with Gasteiger partial charge in [-0.3, -0.25) is 4.79 Å². The van der Waals surface area contributed by atoms with Crippen molar-refractivity contribution in [3.63, 3.8) is 0 Å². The molecule has 112 valence electrons. The van der Waals surface area contributed by atoms with Crippen molar-refractivity contribution >= 4 is 5.91 Å². The fourth-order valence-electron chi connectivity index (χ4n) is 2.04. The zero-order chi connectivity index (χ0) is 15.2. The van der Waals surface area contributed by atoms with E-state index in [-0.39, 0.29) is 11.9 Å². The smallest absolute Gasteiger partial charge is 0.220 e. The van der Waals surface area contributed by atoms with Crippen LogP contribution < -0.4 is 11.1 Å². The highest BCUT2D eigenvalue weighted by Crippen LogP contribution is 2.24. The number of nitrogens with one attached hydrogen (secondary N) is 1. The molecule has 0 saturated carbocycles. The van der Waals surface area contributed by atoms with Crippen molar-refractivity contribution in [1.82, 2.24) is 10.3 Å². The van der Waals surface area contributed by atoms with Crippen LogP contribution in [0.5, 0.6) is 0 Å². The van der Waals surface area contributed by atoms with Gasteiger partial charge < -0.3 is 15.5 Å². The SMILES string of the molecule is Cc1nc(CCC(=O)N[C@@H](C)CN)oc1-c1ccccc1. The molecule has 3 N–H and O–H groups in total. The molecule has 0 bridgehead atoms. The van der Waals surface area contributed by atoms with Crippen LogP contribution in [0.1, 0.15) is 24.9 Å². The van der Waals surface area contributed by atoms with Gasteiger partial charge in [0.1, 0.15) is 0 Å².